The first-order valence-electron chi connectivity index (χ1n) is 6.19. The van der Waals surface area contributed by atoms with Crippen molar-refractivity contribution in [3.05, 3.63) is 17.5 Å². The van der Waals surface area contributed by atoms with Crippen LogP contribution < -0.4 is 5.73 Å². The van der Waals surface area contributed by atoms with Crippen LogP contribution in [-0.4, -0.2) is 64.1 Å². The average molecular weight is 265 g/mol. The Hall–Kier alpha value is -1.89. The minimum absolute atomic E-state index is 0.178. The Balaban J connectivity index is 2.26. The number of hydrogen-bond acceptors (Lipinski definition) is 4. The van der Waals surface area contributed by atoms with Gasteiger partial charge in [-0.2, -0.15) is 5.10 Å². The van der Waals surface area contributed by atoms with Crippen molar-refractivity contribution in [1.29, 1.82) is 0 Å². The second kappa shape index (κ2) is 5.00. The Morgan fingerprint density at radius 1 is 1.37 bits per heavy atom. The number of carbonyl (C=O) groups excluding carboxylic acids is 2. The first-order valence-corrected chi connectivity index (χ1v) is 6.19. The Labute approximate surface area is 111 Å². The van der Waals surface area contributed by atoms with Crippen molar-refractivity contribution in [2.45, 2.75) is 13.0 Å². The van der Waals surface area contributed by atoms with Gasteiger partial charge in [0.25, 0.3) is 5.91 Å². The van der Waals surface area contributed by atoms with Gasteiger partial charge in [-0.3, -0.25) is 14.3 Å². The van der Waals surface area contributed by atoms with Crippen LogP contribution in [0.2, 0.25) is 0 Å². The molecule has 2 heterocycles. The van der Waals surface area contributed by atoms with Gasteiger partial charge in [-0.15, -0.1) is 0 Å². The summed E-state index contributed by atoms with van der Waals surface area (Å²) in [4.78, 5) is 27.6. The number of rotatable bonds is 2. The maximum atomic E-state index is 12.5. The monoisotopic (exact) mass is 265 g/mol. The number of primary amides is 1. The summed E-state index contributed by atoms with van der Waals surface area (Å²) in [5, 5.41) is 4.15. The fourth-order valence-electron chi connectivity index (χ4n) is 2.37. The molecule has 0 aliphatic carbocycles. The Morgan fingerprint density at radius 2 is 2.05 bits per heavy atom. The van der Waals surface area contributed by atoms with Gasteiger partial charge in [0.15, 0.2) is 0 Å². The molecule has 1 saturated heterocycles. The van der Waals surface area contributed by atoms with E-state index in [0.717, 1.165) is 6.54 Å². The van der Waals surface area contributed by atoms with Gasteiger partial charge < -0.3 is 15.5 Å². The van der Waals surface area contributed by atoms with Crippen molar-refractivity contribution in [1.82, 2.24) is 19.6 Å². The molecular formula is C12H19N5O2. The summed E-state index contributed by atoms with van der Waals surface area (Å²) in [6.45, 7) is 3.48. The summed E-state index contributed by atoms with van der Waals surface area (Å²) in [5.41, 5.74) is 6.59. The molecule has 1 aromatic rings. The molecule has 0 bridgehead atoms. The van der Waals surface area contributed by atoms with Gasteiger partial charge in [-0.1, -0.05) is 0 Å². The lowest BCUT2D eigenvalue weighted by Gasteiger charge is -2.38. The smallest absolute Gasteiger partial charge is 0.258 e. The lowest BCUT2D eigenvalue weighted by Crippen LogP contribution is -2.59. The number of nitrogens with zero attached hydrogens (tertiary/aromatic N) is 4. The standard InChI is InChI=1S/C12H19N5O2/c1-8-9(6-16(3)14-8)12(19)17-5-4-15(2)7-10(17)11(13)18/h6,10H,4-5,7H2,1-3H3,(H2,13,18). The predicted molar refractivity (Wildman–Crippen MR) is 69.5 cm³/mol. The van der Waals surface area contributed by atoms with E-state index in [1.54, 1.807) is 29.7 Å². The second-order valence-electron chi connectivity index (χ2n) is 4.98. The minimum Gasteiger partial charge on any atom is -0.368 e. The zero-order valence-electron chi connectivity index (χ0n) is 11.5. The van der Waals surface area contributed by atoms with Gasteiger partial charge in [0.05, 0.1) is 11.3 Å². The van der Waals surface area contributed by atoms with Gasteiger partial charge in [0.1, 0.15) is 6.04 Å². The molecule has 1 atom stereocenters. The Bertz CT molecular complexity index is 510. The van der Waals surface area contributed by atoms with E-state index >= 15 is 0 Å². The third-order valence-electron chi connectivity index (χ3n) is 3.42. The Kier molecular flexibility index (Phi) is 3.57. The maximum Gasteiger partial charge on any atom is 0.258 e. The molecule has 1 aliphatic rings. The number of piperazine rings is 1. The van der Waals surface area contributed by atoms with E-state index in [1.807, 2.05) is 11.9 Å². The van der Waals surface area contributed by atoms with E-state index in [0.29, 0.717) is 24.3 Å². The molecule has 19 heavy (non-hydrogen) atoms. The van der Waals surface area contributed by atoms with Crippen LogP contribution >= 0.6 is 0 Å². The topological polar surface area (TPSA) is 84.5 Å². The number of carbonyl (C=O) groups is 2. The van der Waals surface area contributed by atoms with Gasteiger partial charge in [0.2, 0.25) is 5.91 Å². The zero-order valence-corrected chi connectivity index (χ0v) is 11.5. The van der Waals surface area contributed by atoms with Crippen molar-refractivity contribution in [2.75, 3.05) is 26.7 Å². The summed E-state index contributed by atoms with van der Waals surface area (Å²) in [5.74, 6) is -0.649. The fraction of sp³-hybridized carbons (Fsp3) is 0.583. The third kappa shape index (κ3) is 2.60. The predicted octanol–water partition coefficient (Wildman–Crippen LogP) is -1.03. The van der Waals surface area contributed by atoms with Crippen molar-refractivity contribution < 1.29 is 9.59 Å². The second-order valence-corrected chi connectivity index (χ2v) is 4.98. The van der Waals surface area contributed by atoms with Gasteiger partial charge in [0, 0.05) is 32.9 Å². The van der Waals surface area contributed by atoms with E-state index in [2.05, 4.69) is 5.10 Å². The molecule has 2 rings (SSSR count). The molecular weight excluding hydrogens is 246 g/mol. The lowest BCUT2D eigenvalue weighted by molar-refractivity contribution is -0.124. The first-order chi connectivity index (χ1) is 8.90. The van der Waals surface area contributed by atoms with E-state index in [4.69, 9.17) is 5.73 Å². The fourth-order valence-corrected chi connectivity index (χ4v) is 2.37. The van der Waals surface area contributed by atoms with E-state index in [1.165, 1.54) is 0 Å². The normalized spacial score (nSPS) is 20.6. The quantitative estimate of drug-likeness (QED) is 0.741. The van der Waals surface area contributed by atoms with Crippen LogP contribution in [0.4, 0.5) is 0 Å². The molecule has 1 aliphatic heterocycles. The molecule has 1 aromatic heterocycles. The summed E-state index contributed by atoms with van der Waals surface area (Å²) in [6, 6.07) is -0.578. The number of nitrogens with two attached hydrogens (primary N) is 1. The van der Waals surface area contributed by atoms with Crippen molar-refractivity contribution >= 4 is 11.8 Å². The van der Waals surface area contributed by atoms with E-state index < -0.39 is 11.9 Å². The third-order valence-corrected chi connectivity index (χ3v) is 3.42. The van der Waals surface area contributed by atoms with Crippen LogP contribution in [0, 0.1) is 6.92 Å². The summed E-state index contributed by atoms with van der Waals surface area (Å²) in [7, 11) is 3.67. The summed E-state index contributed by atoms with van der Waals surface area (Å²) < 4.78 is 1.60. The number of aryl methyl sites for hydroxylation is 2. The lowest BCUT2D eigenvalue weighted by atomic mass is 10.1. The number of aromatic nitrogens is 2. The molecule has 0 aromatic carbocycles. The molecule has 2 amide bonds. The van der Waals surface area contributed by atoms with Crippen LogP contribution in [0.3, 0.4) is 0 Å². The number of likely N-dealkylation sites (N-methyl/N-ethyl adjacent to an activating group) is 1. The summed E-state index contributed by atoms with van der Waals surface area (Å²) in [6.07, 6.45) is 1.67. The average Bonchev–Trinajstić information content (AvgIpc) is 2.67. The first kappa shape index (κ1) is 13.5. The van der Waals surface area contributed by atoms with Gasteiger partial charge >= 0.3 is 0 Å². The van der Waals surface area contributed by atoms with E-state index in [-0.39, 0.29) is 5.91 Å². The molecule has 1 fully saturated rings. The minimum atomic E-state index is -0.578. The number of hydrogen-bond donors (Lipinski definition) is 1. The van der Waals surface area contributed by atoms with Crippen molar-refractivity contribution in [3.8, 4) is 0 Å². The van der Waals surface area contributed by atoms with Gasteiger partial charge in [-0.05, 0) is 14.0 Å². The molecule has 0 saturated carbocycles. The molecule has 0 radical (unpaired) electrons. The van der Waals surface area contributed by atoms with Crippen LogP contribution in [-0.2, 0) is 11.8 Å². The highest BCUT2D eigenvalue weighted by molar-refractivity contribution is 5.98. The highest BCUT2D eigenvalue weighted by Crippen LogP contribution is 2.15. The van der Waals surface area contributed by atoms with Crippen LogP contribution in [0.5, 0.6) is 0 Å². The van der Waals surface area contributed by atoms with Crippen LogP contribution in [0.15, 0.2) is 6.20 Å². The van der Waals surface area contributed by atoms with Crippen molar-refractivity contribution in [3.63, 3.8) is 0 Å². The highest BCUT2D eigenvalue weighted by Gasteiger charge is 2.34. The van der Waals surface area contributed by atoms with Crippen LogP contribution in [0.25, 0.3) is 0 Å². The maximum absolute atomic E-state index is 12.5. The van der Waals surface area contributed by atoms with E-state index in [9.17, 15) is 9.59 Å². The zero-order chi connectivity index (χ0) is 14.2. The largest absolute Gasteiger partial charge is 0.368 e. The molecule has 104 valence electrons. The molecule has 7 heteroatoms. The SMILES string of the molecule is Cc1nn(C)cc1C(=O)N1CCN(C)CC1C(N)=O. The molecule has 7 nitrogen and oxygen atoms in total. The molecule has 1 unspecified atom stereocenters. The molecule has 0 spiro atoms. The highest BCUT2D eigenvalue weighted by atomic mass is 16.2. The molecule has 2 N–H and O–H groups in total. The Morgan fingerprint density at radius 3 is 2.58 bits per heavy atom. The van der Waals surface area contributed by atoms with Crippen LogP contribution in [0.1, 0.15) is 16.1 Å². The number of amides is 2. The summed E-state index contributed by atoms with van der Waals surface area (Å²) >= 11 is 0. The van der Waals surface area contributed by atoms with Crippen molar-refractivity contribution in [2.24, 2.45) is 12.8 Å². The van der Waals surface area contributed by atoms with Gasteiger partial charge in [-0.25, -0.2) is 0 Å².